The van der Waals surface area contributed by atoms with Gasteiger partial charge in [0.15, 0.2) is 0 Å². The molecule has 330 valence electrons. The second-order valence-electron chi connectivity index (χ2n) is 19.4. The van der Waals surface area contributed by atoms with E-state index in [1.165, 1.54) is 0 Å². The molecule has 0 radical (unpaired) electrons. The van der Waals surface area contributed by atoms with Gasteiger partial charge >= 0.3 is 0 Å². The Bertz CT molecular complexity index is 3310. The summed E-state index contributed by atoms with van der Waals surface area (Å²) in [4.78, 5) is 10.2. The molecule has 0 saturated heterocycles. The number of benzene rings is 6. The summed E-state index contributed by atoms with van der Waals surface area (Å²) in [5.74, 6) is -1.54. The summed E-state index contributed by atoms with van der Waals surface area (Å²) in [5, 5.41) is 12.3. The summed E-state index contributed by atoms with van der Waals surface area (Å²) in [6.07, 6.45) is 1.74. The van der Waals surface area contributed by atoms with Crippen LogP contribution in [0.1, 0.15) is 131 Å². The smallest absolute Gasteiger partial charge is 0.148 e. The zero-order valence-corrected chi connectivity index (χ0v) is 40.9. The molecule has 1 N–H and O–H groups in total. The fourth-order valence-electron chi connectivity index (χ4n) is 8.25. The van der Waals surface area contributed by atoms with E-state index >= 15 is 0 Å². The second kappa shape index (κ2) is 17.8. The quantitative estimate of drug-likeness (QED) is 0.154. The van der Waals surface area contributed by atoms with Crippen molar-refractivity contribution >= 4 is 11.0 Å². The Morgan fingerprint density at radius 1 is 0.656 bits per heavy atom. The van der Waals surface area contributed by atoms with Crippen LogP contribution >= 0.6 is 0 Å². The van der Waals surface area contributed by atoms with Crippen molar-refractivity contribution in [3.05, 3.63) is 166 Å². The molecular formula is C59H62N3OPt-. The molecule has 2 heterocycles. The van der Waals surface area contributed by atoms with Crippen LogP contribution in [0.15, 0.2) is 121 Å². The molecule has 64 heavy (non-hydrogen) atoms. The summed E-state index contributed by atoms with van der Waals surface area (Å²) in [7, 11) is 0. The number of aromatic hydroxyl groups is 1. The van der Waals surface area contributed by atoms with E-state index < -0.39 is 30.9 Å². The molecule has 8 aromatic rings. The first kappa shape index (κ1) is 36.7. The number of hydrogen-bond donors (Lipinski definition) is 1. The van der Waals surface area contributed by atoms with Crippen molar-refractivity contribution in [3.8, 4) is 67.5 Å². The summed E-state index contributed by atoms with van der Waals surface area (Å²) >= 11 is 0. The topological polar surface area (TPSA) is 50.9 Å². The van der Waals surface area contributed by atoms with E-state index in [1.807, 2.05) is 111 Å². The number of rotatable bonds is 8. The third kappa shape index (κ3) is 9.18. The van der Waals surface area contributed by atoms with Crippen LogP contribution in [0.3, 0.4) is 0 Å². The maximum Gasteiger partial charge on any atom is 0.148 e. The van der Waals surface area contributed by atoms with E-state index in [1.54, 1.807) is 58.2 Å². The van der Waals surface area contributed by atoms with Gasteiger partial charge in [0.2, 0.25) is 0 Å². The minimum absolute atomic E-state index is 0. The molecule has 0 aliphatic carbocycles. The average Bonchev–Trinajstić information content (AvgIpc) is 3.67. The molecule has 0 unspecified atom stereocenters. The predicted octanol–water partition coefficient (Wildman–Crippen LogP) is 16.0. The van der Waals surface area contributed by atoms with Crippen molar-refractivity contribution in [1.29, 1.82) is 0 Å². The summed E-state index contributed by atoms with van der Waals surface area (Å²) in [6.45, 7) is 16.9. The molecule has 2 aromatic heterocycles. The van der Waals surface area contributed by atoms with E-state index in [0.29, 0.717) is 56.1 Å². The van der Waals surface area contributed by atoms with Gasteiger partial charge in [-0.15, -0.1) is 29.3 Å². The third-order valence-electron chi connectivity index (χ3n) is 11.9. The standard InChI is InChI=1S/C59H62N3O.Pt/c1-35(2)43-28-44(36(3)4)30-45(29-43)41-21-22-53(39(7)27-41)62-54-16-14-15-49(55(54)61-57(62)50-25-38(6)26-51(56(50)63)59(11,12)13)46-31-47(33-48(32-46)58(8,9)10)52-34-42(23-24-60-52)40-19-17-37(5)18-20-40;/h14-30,32-36,63H,1-13H3;/q-1;/i5D3,7D3,35D,36D;. The normalized spacial score (nSPS) is 14.6. The molecule has 0 saturated carbocycles. The van der Waals surface area contributed by atoms with Crippen LogP contribution in [-0.4, -0.2) is 19.6 Å². The van der Waals surface area contributed by atoms with Crippen LogP contribution < -0.4 is 0 Å². The number of phenolic OH excluding ortho intramolecular Hbond substituents is 1. The molecule has 0 spiro atoms. The van der Waals surface area contributed by atoms with E-state index in [4.69, 9.17) is 20.9 Å². The Labute approximate surface area is 407 Å². The van der Waals surface area contributed by atoms with Crippen molar-refractivity contribution < 1.29 is 37.1 Å². The minimum atomic E-state index is -2.62. The fraction of sp³-hybridized carbons (Fsp3) is 0.288. The Hall–Kier alpha value is -5.57. The van der Waals surface area contributed by atoms with Gasteiger partial charge in [0.25, 0.3) is 0 Å². The van der Waals surface area contributed by atoms with Crippen molar-refractivity contribution in [2.24, 2.45) is 0 Å². The molecule has 0 atom stereocenters. The molecule has 8 rings (SSSR count). The first-order valence-electron chi connectivity index (χ1n) is 25.6. The monoisotopic (exact) mass is 1030 g/mol. The van der Waals surface area contributed by atoms with E-state index in [-0.39, 0.29) is 43.4 Å². The van der Waals surface area contributed by atoms with Gasteiger partial charge in [-0.25, -0.2) is 4.98 Å². The third-order valence-corrected chi connectivity index (χ3v) is 11.9. The van der Waals surface area contributed by atoms with E-state index in [2.05, 4.69) is 39.0 Å². The zero-order chi connectivity index (χ0) is 52.0. The molecular weight excluding hydrogens is 962 g/mol. The summed E-state index contributed by atoms with van der Waals surface area (Å²) < 4.78 is 70.4. The first-order valence-corrected chi connectivity index (χ1v) is 21.6. The number of fused-ring (bicyclic) bond motifs is 1. The minimum Gasteiger partial charge on any atom is -0.507 e. The van der Waals surface area contributed by atoms with Gasteiger partial charge in [0.05, 0.1) is 22.3 Å². The Morgan fingerprint density at radius 3 is 1.97 bits per heavy atom. The molecule has 6 aromatic carbocycles. The number of aryl methyl sites for hydroxylation is 3. The number of phenols is 1. The maximum atomic E-state index is 12.3. The average molecular weight is 1030 g/mol. The Kier molecular flexibility index (Phi) is 10.2. The first-order chi connectivity index (χ1) is 32.8. The van der Waals surface area contributed by atoms with Crippen LogP contribution in [0.25, 0.3) is 72.7 Å². The number of imidazole rings is 1. The number of nitrogens with zero attached hydrogens (tertiary/aromatic N) is 3. The van der Waals surface area contributed by atoms with Gasteiger partial charge < -0.3 is 5.11 Å². The van der Waals surface area contributed by atoms with Crippen LogP contribution in [0.2, 0.25) is 0 Å². The van der Waals surface area contributed by atoms with Crippen molar-refractivity contribution in [3.63, 3.8) is 0 Å². The van der Waals surface area contributed by atoms with Crippen LogP contribution in [0, 0.1) is 26.7 Å². The molecule has 0 fully saturated rings. The van der Waals surface area contributed by atoms with Gasteiger partial charge in [0, 0.05) is 49.5 Å². The molecule has 5 heteroatoms. The molecule has 0 amide bonds. The number of pyridine rings is 1. The van der Waals surface area contributed by atoms with Gasteiger partial charge in [-0.1, -0.05) is 159 Å². The largest absolute Gasteiger partial charge is 0.507 e. The zero-order valence-electron chi connectivity index (χ0n) is 46.7. The van der Waals surface area contributed by atoms with Crippen LogP contribution in [0.4, 0.5) is 0 Å². The SMILES string of the molecule is [2H]C([2H])([2H])c1ccc(-c2ccnc(-c3[c-]c(-c4cccc5c4nc(-c4cc(C)cc(C(C)(C)C)c4O)n5-c4ccc(-c5cc(C([2H])(C)C)cc(C([2H])(C)C)c5)cc4C([2H])([2H])[2H])cc(C(C)(C)C)c3)c2)cc1.[Pt]. The van der Waals surface area contributed by atoms with Gasteiger partial charge in [-0.05, 0) is 118 Å². The fourth-order valence-corrected chi connectivity index (χ4v) is 8.25. The van der Waals surface area contributed by atoms with Crippen LogP contribution in [0.5, 0.6) is 5.75 Å². The number of para-hydroxylation sites is 1. The van der Waals surface area contributed by atoms with Gasteiger partial charge in [0.1, 0.15) is 11.6 Å². The molecule has 4 nitrogen and oxygen atoms in total. The van der Waals surface area contributed by atoms with E-state index in [9.17, 15) is 5.11 Å². The maximum absolute atomic E-state index is 12.3. The number of hydrogen-bond acceptors (Lipinski definition) is 3. The second-order valence-corrected chi connectivity index (χ2v) is 19.4. The summed E-state index contributed by atoms with van der Waals surface area (Å²) in [6, 6.07) is 39.4. The Morgan fingerprint density at radius 2 is 1.33 bits per heavy atom. The van der Waals surface area contributed by atoms with Crippen molar-refractivity contribution in [2.45, 2.75) is 112 Å². The van der Waals surface area contributed by atoms with Crippen molar-refractivity contribution in [1.82, 2.24) is 14.5 Å². The number of aromatic nitrogens is 3. The van der Waals surface area contributed by atoms with Gasteiger partial charge in [-0.3, -0.25) is 9.55 Å². The van der Waals surface area contributed by atoms with Crippen LogP contribution in [-0.2, 0) is 31.9 Å². The molecule has 0 aliphatic heterocycles. The summed E-state index contributed by atoms with van der Waals surface area (Å²) in [5.41, 5.74) is 11.6. The molecule has 0 aliphatic rings. The van der Waals surface area contributed by atoms with Gasteiger partial charge in [-0.2, -0.15) is 0 Å². The van der Waals surface area contributed by atoms with Crippen molar-refractivity contribution in [2.75, 3.05) is 0 Å². The Balaban J connectivity index is 0.00000760. The van der Waals surface area contributed by atoms with E-state index in [0.717, 1.165) is 44.5 Å². The molecule has 0 bridgehead atoms. The predicted molar refractivity (Wildman–Crippen MR) is 266 cm³/mol.